The van der Waals surface area contributed by atoms with E-state index in [-0.39, 0.29) is 87.2 Å². The Bertz CT molecular complexity index is 1240. The molecule has 3 aromatic rings. The summed E-state index contributed by atoms with van der Waals surface area (Å²) in [5, 5.41) is 10.5. The first-order chi connectivity index (χ1) is 22.3. The van der Waals surface area contributed by atoms with Crippen molar-refractivity contribution in [1.82, 2.24) is 14.7 Å². The Kier molecular flexibility index (Phi) is 21.4. The second-order valence-corrected chi connectivity index (χ2v) is 10.5. The van der Waals surface area contributed by atoms with Gasteiger partial charge >= 0.3 is 49.4 Å². The molecule has 19 heteroatoms. The minimum Gasteiger partial charge on any atom is -0.678 e. The van der Waals surface area contributed by atoms with Crippen molar-refractivity contribution in [3.05, 3.63) is 104 Å². The van der Waals surface area contributed by atoms with E-state index < -0.39 is 86.9 Å². The van der Waals surface area contributed by atoms with Gasteiger partial charge < -0.3 is 30.7 Å². The molecule has 0 aliphatic rings. The molecular formula is C30H33EuF12N6. The van der Waals surface area contributed by atoms with Gasteiger partial charge in [-0.1, -0.05) is 17.1 Å². The number of rotatable bonds is 12. The van der Waals surface area contributed by atoms with Gasteiger partial charge in [0.15, 0.2) is 34.9 Å². The summed E-state index contributed by atoms with van der Waals surface area (Å²) in [6, 6.07) is 0.487. The summed E-state index contributed by atoms with van der Waals surface area (Å²) in [5.74, 6) is -17.4. The van der Waals surface area contributed by atoms with Gasteiger partial charge in [-0.25, -0.2) is 52.7 Å². The largest absolute Gasteiger partial charge is 3.00 e. The number of halogens is 12. The van der Waals surface area contributed by atoms with Crippen LogP contribution in [0.1, 0.15) is 0 Å². The van der Waals surface area contributed by atoms with Crippen LogP contribution in [-0.4, -0.2) is 96.3 Å². The molecule has 0 N–H and O–H groups in total. The number of likely N-dealkylation sites (N-methyl/N-ethyl adjacent to an activating group) is 3. The van der Waals surface area contributed by atoms with Crippen molar-refractivity contribution in [2.24, 2.45) is 0 Å². The van der Waals surface area contributed by atoms with Crippen LogP contribution in [-0.2, 0) is 0 Å². The first-order valence-electron chi connectivity index (χ1n) is 13.8. The van der Waals surface area contributed by atoms with Crippen molar-refractivity contribution >= 4 is 17.1 Å². The van der Waals surface area contributed by atoms with Crippen molar-refractivity contribution in [2.75, 3.05) is 81.6 Å². The van der Waals surface area contributed by atoms with E-state index in [1.54, 1.807) is 57.0 Å². The summed E-state index contributed by atoms with van der Waals surface area (Å²) >= 11 is 0. The van der Waals surface area contributed by atoms with Crippen LogP contribution >= 0.6 is 0 Å². The van der Waals surface area contributed by atoms with Crippen LogP contribution in [0.5, 0.6) is 0 Å². The van der Waals surface area contributed by atoms with Crippen LogP contribution in [0.4, 0.5) is 69.7 Å². The second kappa shape index (κ2) is 22.5. The molecule has 0 radical (unpaired) electrons. The molecule has 49 heavy (non-hydrogen) atoms. The van der Waals surface area contributed by atoms with E-state index in [0.29, 0.717) is 19.6 Å². The van der Waals surface area contributed by atoms with Gasteiger partial charge in [0, 0.05) is 18.2 Å². The minimum absolute atomic E-state index is 0. The zero-order valence-electron chi connectivity index (χ0n) is 27.1. The fourth-order valence-corrected chi connectivity index (χ4v) is 3.18. The van der Waals surface area contributed by atoms with Gasteiger partial charge in [-0.3, -0.25) is 0 Å². The van der Waals surface area contributed by atoms with Crippen LogP contribution in [0, 0.1) is 119 Å². The Morgan fingerprint density at radius 2 is 0.531 bits per heavy atom. The summed E-state index contributed by atoms with van der Waals surface area (Å²) in [6.45, 7) is 1.46. The van der Waals surface area contributed by atoms with Gasteiger partial charge in [0.2, 0.25) is 0 Å². The third-order valence-electron chi connectivity index (χ3n) is 5.72. The first-order valence-corrected chi connectivity index (χ1v) is 13.8. The number of nitrogens with zero attached hydrogens (tertiary/aromatic N) is 6. The molecular weight excluding hydrogens is 824 g/mol. The third-order valence-corrected chi connectivity index (χ3v) is 5.72. The summed E-state index contributed by atoms with van der Waals surface area (Å²) in [7, 11) is 10.5. The SMILES string of the molecule is CN(C)CC[N-]c1c(F)c(F)cc(F)c1F.CN(C)CC[N-]c1c(F)c(F)cc(F)c1F.CN(C)CC[N-]c1c(F)c(F)cc(F)c1F.[Eu+3]. The van der Waals surface area contributed by atoms with Gasteiger partial charge in [-0.2, -0.15) is 0 Å². The van der Waals surface area contributed by atoms with E-state index in [1.807, 2.05) is 0 Å². The Morgan fingerprint density at radius 3 is 0.673 bits per heavy atom. The fourth-order valence-electron chi connectivity index (χ4n) is 3.18. The third kappa shape index (κ3) is 15.2. The van der Waals surface area contributed by atoms with Crippen LogP contribution < -0.4 is 0 Å². The monoisotopic (exact) mass is 858 g/mol. The topological polar surface area (TPSA) is 52.0 Å². The molecule has 0 saturated carbocycles. The molecule has 0 saturated heterocycles. The molecule has 0 aliphatic carbocycles. The van der Waals surface area contributed by atoms with E-state index in [0.717, 1.165) is 0 Å². The summed E-state index contributed by atoms with van der Waals surface area (Å²) < 4.78 is 155. The average Bonchev–Trinajstić information content (AvgIpc) is 2.99. The van der Waals surface area contributed by atoms with Gasteiger partial charge in [0.25, 0.3) is 0 Å². The number of hydrogen-bond donors (Lipinski definition) is 0. The molecule has 0 bridgehead atoms. The molecule has 0 unspecified atom stereocenters. The maximum Gasteiger partial charge on any atom is 3.00 e. The Labute approximate surface area is 317 Å². The maximum atomic E-state index is 13.1. The Morgan fingerprint density at radius 1 is 0.367 bits per heavy atom. The van der Waals surface area contributed by atoms with Crippen LogP contribution in [0.3, 0.4) is 0 Å². The zero-order valence-corrected chi connectivity index (χ0v) is 29.5. The second-order valence-electron chi connectivity index (χ2n) is 10.5. The molecule has 0 aliphatic heterocycles. The smallest absolute Gasteiger partial charge is 0.678 e. The fraction of sp³-hybridized carbons (Fsp3) is 0.400. The Balaban J connectivity index is 0.000000698. The quantitative estimate of drug-likeness (QED) is 0.136. The van der Waals surface area contributed by atoms with E-state index >= 15 is 0 Å². The van der Waals surface area contributed by atoms with Crippen molar-refractivity contribution in [3.8, 4) is 0 Å². The summed E-state index contributed by atoms with van der Waals surface area (Å²) in [4.78, 5) is 5.19. The van der Waals surface area contributed by atoms with Crippen LogP contribution in [0.15, 0.2) is 18.2 Å². The molecule has 3 aromatic carbocycles. The first kappa shape index (κ1) is 46.7. The average molecular weight is 858 g/mol. The number of hydrogen-bond acceptors (Lipinski definition) is 3. The molecule has 0 heterocycles. The predicted molar refractivity (Wildman–Crippen MR) is 158 cm³/mol. The van der Waals surface area contributed by atoms with E-state index in [4.69, 9.17) is 0 Å². The number of benzene rings is 3. The molecule has 0 spiro atoms. The summed E-state index contributed by atoms with van der Waals surface area (Å²) in [6.07, 6.45) is 0. The minimum atomic E-state index is -1.46. The standard InChI is InChI=1S/3C10H11F4N2.Eu/c3*1-16(2)4-3-15-10-8(13)6(11)5-7(12)9(10)14;/h3*5H,3-4H2,1-2H3;/q3*-1;+3. The molecule has 0 fully saturated rings. The zero-order chi connectivity index (χ0) is 36.9. The maximum absolute atomic E-state index is 13.1. The van der Waals surface area contributed by atoms with E-state index in [2.05, 4.69) is 16.0 Å². The van der Waals surface area contributed by atoms with Gasteiger partial charge in [0.1, 0.15) is 34.9 Å². The molecule has 3 rings (SSSR count). The molecule has 274 valence electrons. The summed E-state index contributed by atoms with van der Waals surface area (Å²) in [5.41, 5.74) is -2.67. The van der Waals surface area contributed by atoms with Crippen molar-refractivity contribution < 1.29 is 102 Å². The van der Waals surface area contributed by atoms with Gasteiger partial charge in [-0.15, -0.1) is 19.6 Å². The van der Waals surface area contributed by atoms with Crippen LogP contribution in [0.25, 0.3) is 16.0 Å². The molecule has 0 aromatic heterocycles. The normalized spacial score (nSPS) is 10.7. The van der Waals surface area contributed by atoms with Crippen molar-refractivity contribution in [1.29, 1.82) is 0 Å². The van der Waals surface area contributed by atoms with Gasteiger partial charge in [-0.05, 0) is 61.9 Å². The van der Waals surface area contributed by atoms with E-state index in [1.165, 1.54) is 0 Å². The van der Waals surface area contributed by atoms with E-state index in [9.17, 15) is 52.7 Å². The predicted octanol–water partition coefficient (Wildman–Crippen LogP) is 8.43. The molecule has 0 amide bonds. The van der Waals surface area contributed by atoms with Crippen molar-refractivity contribution in [2.45, 2.75) is 0 Å². The van der Waals surface area contributed by atoms with Gasteiger partial charge in [0.05, 0.1) is 0 Å². The van der Waals surface area contributed by atoms with Crippen LogP contribution in [0.2, 0.25) is 0 Å². The molecule has 0 atom stereocenters. The van der Waals surface area contributed by atoms with Crippen molar-refractivity contribution in [3.63, 3.8) is 0 Å². The molecule has 6 nitrogen and oxygen atoms in total. The Hall–Kier alpha value is -2.32.